The number of rotatable bonds is 4. The third-order valence-electron chi connectivity index (χ3n) is 4.08. The van der Waals surface area contributed by atoms with Crippen LogP contribution in [0.1, 0.15) is 48.7 Å². The maximum atomic E-state index is 12.6. The smallest absolute Gasteiger partial charge is 0.329 e. The van der Waals surface area contributed by atoms with E-state index in [1.54, 1.807) is 13.0 Å². The molecule has 2 rings (SSSR count). The number of aliphatic carboxylic acids is 1. The van der Waals surface area contributed by atoms with Crippen LogP contribution in [0, 0.1) is 6.92 Å². The number of amides is 1. The highest BCUT2D eigenvalue weighted by molar-refractivity contribution is 5.98. The summed E-state index contributed by atoms with van der Waals surface area (Å²) >= 11 is 0. The fraction of sp³-hybridized carbons (Fsp3) is 0.533. The second-order valence-corrected chi connectivity index (χ2v) is 5.53. The van der Waals surface area contributed by atoms with Gasteiger partial charge in [0.25, 0.3) is 11.5 Å². The Morgan fingerprint density at radius 1 is 1.43 bits per heavy atom. The molecule has 1 aliphatic heterocycles. The summed E-state index contributed by atoms with van der Waals surface area (Å²) < 4.78 is 0. The highest BCUT2D eigenvalue weighted by atomic mass is 16.4. The van der Waals surface area contributed by atoms with Gasteiger partial charge in [0.05, 0.1) is 0 Å². The van der Waals surface area contributed by atoms with E-state index in [1.165, 1.54) is 11.0 Å². The molecule has 1 amide bonds. The minimum atomic E-state index is -1.18. The van der Waals surface area contributed by atoms with Crippen molar-refractivity contribution in [1.82, 2.24) is 9.88 Å². The molecule has 1 fully saturated rings. The fourth-order valence-electron chi connectivity index (χ4n) is 3.06. The summed E-state index contributed by atoms with van der Waals surface area (Å²) in [4.78, 5) is 40.2. The molecule has 0 aliphatic carbocycles. The number of nitrogens with zero attached hydrogens (tertiary/aromatic N) is 1. The van der Waals surface area contributed by atoms with Gasteiger partial charge in [-0.3, -0.25) is 9.59 Å². The molecule has 21 heavy (non-hydrogen) atoms. The van der Waals surface area contributed by atoms with E-state index in [9.17, 15) is 19.5 Å². The molecule has 1 aromatic rings. The van der Waals surface area contributed by atoms with E-state index in [1.807, 2.05) is 6.92 Å². The second-order valence-electron chi connectivity index (χ2n) is 5.53. The predicted molar refractivity (Wildman–Crippen MR) is 77.3 cm³/mol. The summed E-state index contributed by atoms with van der Waals surface area (Å²) in [7, 11) is 0. The molecular formula is C15H20N2O4. The standard InChI is InChI=1S/C15H20N2O4/c1-3-7-15(14(20)21)8-4-9-17(15)13(19)11-6-5-10(2)16-12(11)18/h5-6H,3-4,7-9H2,1-2H3,(H,16,18)(H,20,21). The van der Waals surface area contributed by atoms with Gasteiger partial charge in [0, 0.05) is 12.2 Å². The van der Waals surface area contributed by atoms with Crippen molar-refractivity contribution in [3.8, 4) is 0 Å². The molecule has 0 bridgehead atoms. The number of carboxylic acids is 1. The highest BCUT2D eigenvalue weighted by Gasteiger charge is 2.49. The Hall–Kier alpha value is -2.11. The Morgan fingerprint density at radius 3 is 2.71 bits per heavy atom. The van der Waals surface area contributed by atoms with Crippen LogP contribution in [0.4, 0.5) is 0 Å². The van der Waals surface area contributed by atoms with Crippen molar-refractivity contribution < 1.29 is 14.7 Å². The molecule has 1 atom stereocenters. The van der Waals surface area contributed by atoms with E-state index < -0.39 is 23.0 Å². The first-order valence-electron chi connectivity index (χ1n) is 7.17. The van der Waals surface area contributed by atoms with Crippen LogP contribution in [0.25, 0.3) is 0 Å². The average molecular weight is 292 g/mol. The minimum absolute atomic E-state index is 0.00391. The first-order chi connectivity index (χ1) is 9.92. The summed E-state index contributed by atoms with van der Waals surface area (Å²) in [6.07, 6.45) is 2.14. The first kappa shape index (κ1) is 15.3. The molecule has 2 heterocycles. The number of hydrogen-bond donors (Lipinski definition) is 2. The molecule has 0 radical (unpaired) electrons. The summed E-state index contributed by atoms with van der Waals surface area (Å²) in [6, 6.07) is 3.11. The average Bonchev–Trinajstić information content (AvgIpc) is 2.83. The largest absolute Gasteiger partial charge is 0.479 e. The van der Waals surface area contributed by atoms with Crippen molar-refractivity contribution in [1.29, 1.82) is 0 Å². The van der Waals surface area contributed by atoms with Crippen LogP contribution in [-0.2, 0) is 4.79 Å². The number of aromatic nitrogens is 1. The Morgan fingerprint density at radius 2 is 2.14 bits per heavy atom. The lowest BCUT2D eigenvalue weighted by Gasteiger charge is -2.34. The summed E-state index contributed by atoms with van der Waals surface area (Å²) in [5.74, 6) is -1.48. The van der Waals surface area contributed by atoms with Crippen LogP contribution in [-0.4, -0.2) is 39.0 Å². The number of pyridine rings is 1. The number of carbonyl (C=O) groups is 2. The lowest BCUT2D eigenvalue weighted by Crippen LogP contribution is -2.53. The van der Waals surface area contributed by atoms with Crippen LogP contribution < -0.4 is 5.56 Å². The monoisotopic (exact) mass is 292 g/mol. The molecule has 1 aliphatic rings. The zero-order valence-electron chi connectivity index (χ0n) is 12.3. The number of likely N-dealkylation sites (tertiary alicyclic amines) is 1. The summed E-state index contributed by atoms with van der Waals surface area (Å²) in [6.45, 7) is 3.99. The molecule has 0 saturated carbocycles. The van der Waals surface area contributed by atoms with E-state index >= 15 is 0 Å². The van der Waals surface area contributed by atoms with Crippen LogP contribution in [0.2, 0.25) is 0 Å². The third-order valence-corrected chi connectivity index (χ3v) is 4.08. The minimum Gasteiger partial charge on any atom is -0.479 e. The van der Waals surface area contributed by atoms with Crippen molar-refractivity contribution in [3.63, 3.8) is 0 Å². The van der Waals surface area contributed by atoms with Gasteiger partial charge in [0.15, 0.2) is 0 Å². The molecule has 0 spiro atoms. The number of carboxylic acid groups (broad SMARTS) is 1. The SMILES string of the molecule is CCCC1(C(=O)O)CCCN1C(=O)c1ccc(C)[nH]c1=O. The quantitative estimate of drug-likeness (QED) is 0.880. The summed E-state index contributed by atoms with van der Waals surface area (Å²) in [5.41, 5.74) is -0.980. The fourth-order valence-corrected chi connectivity index (χ4v) is 3.06. The van der Waals surface area contributed by atoms with Crippen molar-refractivity contribution in [2.45, 2.75) is 45.1 Å². The number of hydrogen-bond acceptors (Lipinski definition) is 3. The zero-order valence-corrected chi connectivity index (χ0v) is 12.3. The van der Waals surface area contributed by atoms with Gasteiger partial charge in [-0.25, -0.2) is 4.79 Å². The van der Waals surface area contributed by atoms with Gasteiger partial charge in [-0.15, -0.1) is 0 Å². The topological polar surface area (TPSA) is 90.5 Å². The highest BCUT2D eigenvalue weighted by Crippen LogP contribution is 2.34. The zero-order chi connectivity index (χ0) is 15.6. The Bertz CT molecular complexity index is 622. The van der Waals surface area contributed by atoms with Crippen LogP contribution >= 0.6 is 0 Å². The molecule has 6 heteroatoms. The van der Waals surface area contributed by atoms with Crippen molar-refractivity contribution in [2.75, 3.05) is 6.54 Å². The maximum Gasteiger partial charge on any atom is 0.329 e. The lowest BCUT2D eigenvalue weighted by atomic mass is 9.90. The molecular weight excluding hydrogens is 272 g/mol. The lowest BCUT2D eigenvalue weighted by molar-refractivity contribution is -0.148. The van der Waals surface area contributed by atoms with Gasteiger partial charge < -0.3 is 15.0 Å². The summed E-state index contributed by atoms with van der Waals surface area (Å²) in [5, 5.41) is 9.59. The van der Waals surface area contributed by atoms with E-state index in [0.717, 1.165) is 0 Å². The van der Waals surface area contributed by atoms with Gasteiger partial charge in [0.1, 0.15) is 11.1 Å². The molecule has 1 aromatic heterocycles. The molecule has 1 saturated heterocycles. The van der Waals surface area contributed by atoms with E-state index in [0.29, 0.717) is 37.9 Å². The van der Waals surface area contributed by atoms with Gasteiger partial charge in [-0.1, -0.05) is 13.3 Å². The molecule has 1 unspecified atom stereocenters. The first-order valence-corrected chi connectivity index (χ1v) is 7.17. The van der Waals surface area contributed by atoms with Crippen molar-refractivity contribution in [2.24, 2.45) is 0 Å². The van der Waals surface area contributed by atoms with Crippen LogP contribution in [0.15, 0.2) is 16.9 Å². The second kappa shape index (κ2) is 5.71. The van der Waals surface area contributed by atoms with Crippen molar-refractivity contribution >= 4 is 11.9 Å². The van der Waals surface area contributed by atoms with Gasteiger partial charge >= 0.3 is 5.97 Å². The Balaban J connectivity index is 2.41. The molecule has 2 N–H and O–H groups in total. The van der Waals surface area contributed by atoms with Crippen LogP contribution in [0.5, 0.6) is 0 Å². The van der Waals surface area contributed by atoms with Gasteiger partial charge in [-0.05, 0) is 38.3 Å². The van der Waals surface area contributed by atoms with E-state index in [-0.39, 0.29) is 5.56 Å². The number of carbonyl (C=O) groups excluding carboxylic acids is 1. The van der Waals surface area contributed by atoms with Crippen molar-refractivity contribution in [3.05, 3.63) is 33.7 Å². The number of H-pyrrole nitrogens is 1. The predicted octanol–water partition coefficient (Wildman–Crippen LogP) is 1.54. The normalized spacial score (nSPS) is 21.5. The maximum absolute atomic E-state index is 12.6. The van der Waals surface area contributed by atoms with E-state index in [4.69, 9.17) is 0 Å². The third kappa shape index (κ3) is 2.57. The number of aromatic amines is 1. The molecule has 0 aromatic carbocycles. The molecule has 6 nitrogen and oxygen atoms in total. The van der Waals surface area contributed by atoms with Gasteiger partial charge in [0.2, 0.25) is 0 Å². The Labute approximate surface area is 122 Å². The molecule has 114 valence electrons. The van der Waals surface area contributed by atoms with Gasteiger partial charge in [-0.2, -0.15) is 0 Å². The van der Waals surface area contributed by atoms with Crippen LogP contribution in [0.3, 0.4) is 0 Å². The van der Waals surface area contributed by atoms with E-state index in [2.05, 4.69) is 4.98 Å². The Kier molecular flexibility index (Phi) is 4.16. The number of aryl methyl sites for hydroxylation is 1. The number of nitrogens with one attached hydrogen (secondary N) is 1.